The Labute approximate surface area is 176 Å². The van der Waals surface area contributed by atoms with Crippen molar-refractivity contribution in [3.05, 3.63) is 70.4 Å². The first-order valence-corrected chi connectivity index (χ1v) is 9.60. The van der Waals surface area contributed by atoms with E-state index in [0.717, 1.165) is 22.0 Å². The average Bonchev–Trinajstić information content (AvgIpc) is 3.31. The second kappa shape index (κ2) is 6.87. The number of para-hydroxylation sites is 1. The molecule has 1 N–H and O–H groups in total. The molecule has 5 rings (SSSR count). The van der Waals surface area contributed by atoms with Gasteiger partial charge in [-0.2, -0.15) is 20.0 Å². The molecule has 0 saturated heterocycles. The molecule has 0 aliphatic rings. The number of fused-ring (bicyclic) bond motifs is 2. The van der Waals surface area contributed by atoms with Gasteiger partial charge in [-0.1, -0.05) is 29.8 Å². The number of aryl methyl sites for hydroxylation is 2. The van der Waals surface area contributed by atoms with Gasteiger partial charge in [-0.25, -0.2) is 4.98 Å². The lowest BCUT2D eigenvalue weighted by Crippen LogP contribution is -2.06. The molecule has 3 heterocycles. The summed E-state index contributed by atoms with van der Waals surface area (Å²) in [5.74, 6) is 1.02. The molecule has 2 aromatic carbocycles. The number of oxazole rings is 1. The van der Waals surface area contributed by atoms with Crippen molar-refractivity contribution in [3.63, 3.8) is 0 Å². The van der Waals surface area contributed by atoms with Crippen LogP contribution in [0.1, 0.15) is 16.7 Å². The van der Waals surface area contributed by atoms with E-state index in [4.69, 9.17) is 21.0 Å². The number of anilines is 2. The van der Waals surface area contributed by atoms with Crippen LogP contribution in [-0.4, -0.2) is 19.7 Å². The fourth-order valence-electron chi connectivity index (χ4n) is 3.43. The molecule has 0 radical (unpaired) electrons. The van der Waals surface area contributed by atoms with Crippen LogP contribution in [0.4, 0.5) is 11.8 Å². The van der Waals surface area contributed by atoms with Gasteiger partial charge in [0.25, 0.3) is 0 Å². The second-order valence-electron chi connectivity index (χ2n) is 6.95. The summed E-state index contributed by atoms with van der Waals surface area (Å²) in [5.41, 5.74) is 4.57. The number of pyridine rings is 1. The maximum absolute atomic E-state index is 9.57. The molecule has 0 saturated carbocycles. The van der Waals surface area contributed by atoms with E-state index in [1.807, 2.05) is 38.1 Å². The highest BCUT2D eigenvalue weighted by Gasteiger charge is 2.17. The number of benzene rings is 2. The van der Waals surface area contributed by atoms with Crippen LogP contribution in [0.25, 0.3) is 27.8 Å². The fourth-order valence-corrected chi connectivity index (χ4v) is 3.60. The third kappa shape index (κ3) is 2.95. The third-order valence-corrected chi connectivity index (χ3v) is 5.15. The largest absolute Gasteiger partial charge is 0.423 e. The molecule has 0 spiro atoms. The van der Waals surface area contributed by atoms with Gasteiger partial charge in [-0.3, -0.25) is 5.32 Å². The normalized spacial score (nSPS) is 11.1. The Hall–Kier alpha value is -3.89. The van der Waals surface area contributed by atoms with Gasteiger partial charge >= 0.3 is 6.01 Å². The number of nitrogens with one attached hydrogen (secondary N) is 1. The summed E-state index contributed by atoms with van der Waals surface area (Å²) < 4.78 is 7.33. The molecule has 8 heteroatoms. The monoisotopic (exact) mass is 414 g/mol. The molecule has 7 nitrogen and oxygen atoms in total. The summed E-state index contributed by atoms with van der Waals surface area (Å²) in [6.07, 6.45) is 1.49. The maximum Gasteiger partial charge on any atom is 0.301 e. The fraction of sp³-hybridized carbons (Fsp3) is 0.0909. The zero-order chi connectivity index (χ0) is 20.8. The molecule has 146 valence electrons. The predicted molar refractivity (Wildman–Crippen MR) is 115 cm³/mol. The van der Waals surface area contributed by atoms with E-state index in [-0.39, 0.29) is 6.01 Å². The van der Waals surface area contributed by atoms with Crippen LogP contribution in [0.2, 0.25) is 5.02 Å². The Morgan fingerprint density at radius 2 is 1.97 bits per heavy atom. The van der Waals surface area contributed by atoms with E-state index in [9.17, 15) is 5.26 Å². The molecular formula is C22H15ClN6O. The van der Waals surface area contributed by atoms with Crippen molar-refractivity contribution in [2.45, 2.75) is 13.8 Å². The summed E-state index contributed by atoms with van der Waals surface area (Å²) in [6.45, 7) is 4.05. The summed E-state index contributed by atoms with van der Waals surface area (Å²) in [5, 5.41) is 18.7. The number of nitriles is 1. The number of hydrogen-bond donors (Lipinski definition) is 1. The standard InChI is InChI=1S/C22H15ClN6O/c1-12-4-3-5-16-13(2)8-19(27-20(12)16)29-21(14(10-24)11-25-29)28-22-26-17-9-15(23)6-7-18(17)30-22/h3-9,11H,1-2H3,(H,26,28). The van der Waals surface area contributed by atoms with Gasteiger partial charge in [0.1, 0.15) is 17.1 Å². The van der Waals surface area contributed by atoms with Gasteiger partial charge in [0.2, 0.25) is 0 Å². The van der Waals surface area contributed by atoms with Gasteiger partial charge in [-0.05, 0) is 49.2 Å². The molecule has 5 aromatic rings. The molecular weight excluding hydrogens is 400 g/mol. The van der Waals surface area contributed by atoms with E-state index in [0.29, 0.717) is 33.3 Å². The SMILES string of the molecule is Cc1cc(-n2ncc(C#N)c2Nc2nc3cc(Cl)ccc3o2)nc2c(C)cccc12. The quantitative estimate of drug-likeness (QED) is 0.422. The number of halogens is 1. The first-order chi connectivity index (χ1) is 14.5. The van der Waals surface area contributed by atoms with Crippen molar-refractivity contribution < 1.29 is 4.42 Å². The summed E-state index contributed by atoms with van der Waals surface area (Å²) in [4.78, 5) is 9.20. The third-order valence-electron chi connectivity index (χ3n) is 4.92. The first-order valence-electron chi connectivity index (χ1n) is 9.22. The van der Waals surface area contributed by atoms with Crippen molar-refractivity contribution in [2.75, 3.05) is 5.32 Å². The van der Waals surface area contributed by atoms with Crippen molar-refractivity contribution in [2.24, 2.45) is 0 Å². The molecule has 0 aliphatic carbocycles. The first kappa shape index (κ1) is 18.2. The van der Waals surface area contributed by atoms with E-state index < -0.39 is 0 Å². The molecule has 0 fully saturated rings. The predicted octanol–water partition coefficient (Wildman–Crippen LogP) is 5.45. The number of aromatic nitrogens is 4. The molecule has 0 bridgehead atoms. The van der Waals surface area contributed by atoms with Crippen LogP contribution in [0, 0.1) is 25.2 Å². The lowest BCUT2D eigenvalue weighted by Gasteiger charge is -2.11. The van der Waals surface area contributed by atoms with Crippen molar-refractivity contribution in [3.8, 4) is 11.9 Å². The van der Waals surface area contributed by atoms with Crippen LogP contribution < -0.4 is 5.32 Å². The Balaban J connectivity index is 1.64. The van der Waals surface area contributed by atoms with Crippen LogP contribution in [0.3, 0.4) is 0 Å². The Morgan fingerprint density at radius 3 is 2.80 bits per heavy atom. The smallest absolute Gasteiger partial charge is 0.301 e. The Morgan fingerprint density at radius 1 is 1.10 bits per heavy atom. The molecule has 30 heavy (non-hydrogen) atoms. The minimum Gasteiger partial charge on any atom is -0.423 e. The Bertz CT molecular complexity index is 1480. The minimum absolute atomic E-state index is 0.235. The summed E-state index contributed by atoms with van der Waals surface area (Å²) in [7, 11) is 0. The highest BCUT2D eigenvalue weighted by Crippen LogP contribution is 2.29. The molecule has 0 atom stereocenters. The van der Waals surface area contributed by atoms with Crippen LogP contribution in [0.15, 0.2) is 53.1 Å². The van der Waals surface area contributed by atoms with Gasteiger partial charge < -0.3 is 4.42 Å². The number of nitrogens with zero attached hydrogens (tertiary/aromatic N) is 5. The van der Waals surface area contributed by atoms with Gasteiger partial charge in [0, 0.05) is 10.4 Å². The van der Waals surface area contributed by atoms with Crippen molar-refractivity contribution in [1.29, 1.82) is 5.26 Å². The Kier molecular flexibility index (Phi) is 4.16. The highest BCUT2D eigenvalue weighted by atomic mass is 35.5. The van der Waals surface area contributed by atoms with Crippen molar-refractivity contribution >= 4 is 45.4 Å². The average molecular weight is 415 g/mol. The molecule has 0 aliphatic heterocycles. The second-order valence-corrected chi connectivity index (χ2v) is 7.39. The minimum atomic E-state index is 0.235. The van der Waals surface area contributed by atoms with Crippen LogP contribution in [0.5, 0.6) is 0 Å². The number of rotatable bonds is 3. The summed E-state index contributed by atoms with van der Waals surface area (Å²) >= 11 is 6.03. The maximum atomic E-state index is 9.57. The van der Waals surface area contributed by atoms with Gasteiger partial charge in [0.05, 0.1) is 11.7 Å². The summed E-state index contributed by atoms with van der Waals surface area (Å²) in [6, 6.07) is 15.6. The van der Waals surface area contributed by atoms with Crippen molar-refractivity contribution in [1.82, 2.24) is 19.7 Å². The molecule has 0 unspecified atom stereocenters. The highest BCUT2D eigenvalue weighted by molar-refractivity contribution is 6.31. The van der Waals surface area contributed by atoms with Crippen LogP contribution in [-0.2, 0) is 0 Å². The van der Waals surface area contributed by atoms with E-state index >= 15 is 0 Å². The van der Waals surface area contributed by atoms with Gasteiger partial charge in [0.15, 0.2) is 17.2 Å². The lowest BCUT2D eigenvalue weighted by atomic mass is 10.1. The van der Waals surface area contributed by atoms with Crippen LogP contribution >= 0.6 is 11.6 Å². The van der Waals surface area contributed by atoms with E-state index in [2.05, 4.69) is 21.5 Å². The zero-order valence-electron chi connectivity index (χ0n) is 16.1. The number of hydrogen-bond acceptors (Lipinski definition) is 6. The van der Waals surface area contributed by atoms with Gasteiger partial charge in [-0.15, -0.1) is 0 Å². The zero-order valence-corrected chi connectivity index (χ0v) is 16.9. The van der Waals surface area contributed by atoms with E-state index in [1.54, 1.807) is 22.9 Å². The molecule has 0 amide bonds. The lowest BCUT2D eigenvalue weighted by molar-refractivity contribution is 0.621. The topological polar surface area (TPSA) is 92.6 Å². The van der Waals surface area contributed by atoms with E-state index in [1.165, 1.54) is 6.20 Å². The molecule has 3 aromatic heterocycles.